The van der Waals surface area contributed by atoms with Crippen molar-refractivity contribution < 1.29 is 17.9 Å². The highest BCUT2D eigenvalue weighted by Crippen LogP contribution is 2.34. The second-order valence-electron chi connectivity index (χ2n) is 9.31. The topological polar surface area (TPSA) is 101 Å². The molecule has 6 rings (SSSR count). The number of amides is 1. The largest absolute Gasteiger partial charge is 0.467 e. The van der Waals surface area contributed by atoms with Crippen molar-refractivity contribution in [2.75, 3.05) is 11.3 Å². The fourth-order valence-corrected chi connectivity index (χ4v) is 5.99. The summed E-state index contributed by atoms with van der Waals surface area (Å²) < 4.78 is 35.5. The van der Waals surface area contributed by atoms with E-state index in [-0.39, 0.29) is 34.7 Å². The number of carbonyl (C=O) groups excluding carboxylic acids is 1. The lowest BCUT2D eigenvalue weighted by Crippen LogP contribution is -2.40. The van der Waals surface area contributed by atoms with Gasteiger partial charge in [-0.05, 0) is 54.3 Å². The maximum absolute atomic E-state index is 13.5. The minimum Gasteiger partial charge on any atom is -0.467 e. The van der Waals surface area contributed by atoms with Crippen molar-refractivity contribution in [3.05, 3.63) is 101 Å². The molecule has 2 aliphatic heterocycles. The SMILES string of the molecule is Cc1cccc(C)c1-c1cc2nc(n1)NS(=O)(=O)c1cccc(c1)C(=O)N1Cc3ccccc3[C@@H](C1)O2. The summed E-state index contributed by atoms with van der Waals surface area (Å²) in [5.74, 6) is -0.161. The third kappa shape index (κ3) is 4.21. The fourth-order valence-electron chi connectivity index (χ4n) is 5.00. The van der Waals surface area contributed by atoms with Crippen molar-refractivity contribution in [3.8, 4) is 17.1 Å². The summed E-state index contributed by atoms with van der Waals surface area (Å²) in [5, 5.41) is 0. The van der Waals surface area contributed by atoms with E-state index in [1.165, 1.54) is 12.1 Å². The zero-order valence-corrected chi connectivity index (χ0v) is 21.1. The van der Waals surface area contributed by atoms with Gasteiger partial charge in [-0.3, -0.25) is 4.79 Å². The molecule has 9 heteroatoms. The van der Waals surface area contributed by atoms with E-state index >= 15 is 0 Å². The average Bonchev–Trinajstić information content (AvgIpc) is 2.87. The van der Waals surface area contributed by atoms with Gasteiger partial charge in [-0.1, -0.05) is 48.5 Å². The summed E-state index contributed by atoms with van der Waals surface area (Å²) >= 11 is 0. The molecule has 6 bridgehead atoms. The van der Waals surface area contributed by atoms with Crippen molar-refractivity contribution in [1.29, 1.82) is 0 Å². The maximum atomic E-state index is 13.5. The molecule has 1 atom stereocenters. The summed E-state index contributed by atoms with van der Waals surface area (Å²) in [4.78, 5) is 24.1. The quantitative estimate of drug-likeness (QED) is 0.398. The predicted molar refractivity (Wildman–Crippen MR) is 139 cm³/mol. The summed E-state index contributed by atoms with van der Waals surface area (Å²) in [6.45, 7) is 4.64. The molecule has 3 aromatic carbocycles. The number of ether oxygens (including phenoxy) is 1. The highest BCUT2D eigenvalue weighted by molar-refractivity contribution is 7.92. The van der Waals surface area contributed by atoms with E-state index in [9.17, 15) is 13.2 Å². The first-order chi connectivity index (χ1) is 17.8. The van der Waals surface area contributed by atoms with E-state index in [1.54, 1.807) is 23.1 Å². The molecule has 0 unspecified atom stereocenters. The van der Waals surface area contributed by atoms with Gasteiger partial charge in [0.15, 0.2) is 0 Å². The van der Waals surface area contributed by atoms with Gasteiger partial charge >= 0.3 is 0 Å². The minimum absolute atomic E-state index is 0.0462. The Morgan fingerprint density at radius 2 is 1.70 bits per heavy atom. The van der Waals surface area contributed by atoms with Crippen molar-refractivity contribution in [2.24, 2.45) is 0 Å². The Labute approximate surface area is 215 Å². The zero-order valence-electron chi connectivity index (χ0n) is 20.3. The van der Waals surface area contributed by atoms with Gasteiger partial charge in [-0.25, -0.2) is 18.1 Å². The van der Waals surface area contributed by atoms with Gasteiger partial charge in [-0.15, -0.1) is 0 Å². The number of fused-ring (bicyclic) bond motifs is 8. The van der Waals surface area contributed by atoms with Gasteiger partial charge in [0.05, 0.1) is 17.1 Å². The third-order valence-electron chi connectivity index (χ3n) is 6.76. The number of aryl methyl sites for hydroxylation is 2. The van der Waals surface area contributed by atoms with Crippen molar-refractivity contribution in [2.45, 2.75) is 31.4 Å². The van der Waals surface area contributed by atoms with E-state index in [4.69, 9.17) is 4.74 Å². The second kappa shape index (κ2) is 8.70. The molecule has 186 valence electrons. The summed E-state index contributed by atoms with van der Waals surface area (Å²) in [7, 11) is -4.08. The van der Waals surface area contributed by atoms with Gasteiger partial charge in [0, 0.05) is 23.7 Å². The number of hydrogen-bond acceptors (Lipinski definition) is 6. The molecule has 0 fully saturated rings. The van der Waals surface area contributed by atoms with Crippen LogP contribution in [-0.2, 0) is 16.6 Å². The van der Waals surface area contributed by atoms with Crippen LogP contribution in [0.4, 0.5) is 5.95 Å². The van der Waals surface area contributed by atoms with Gasteiger partial charge in [0.1, 0.15) is 6.10 Å². The van der Waals surface area contributed by atoms with Gasteiger partial charge in [-0.2, -0.15) is 4.98 Å². The Hall–Kier alpha value is -4.24. The lowest BCUT2D eigenvalue weighted by Gasteiger charge is -2.34. The van der Waals surface area contributed by atoms with Crippen LogP contribution in [0.15, 0.2) is 77.7 Å². The van der Waals surface area contributed by atoms with Gasteiger partial charge in [0.25, 0.3) is 15.9 Å². The zero-order chi connectivity index (χ0) is 25.7. The normalized spacial score (nSPS) is 17.8. The van der Waals surface area contributed by atoms with Crippen LogP contribution in [0.3, 0.4) is 0 Å². The molecule has 1 N–H and O–H groups in total. The highest BCUT2D eigenvalue weighted by atomic mass is 32.2. The van der Waals surface area contributed by atoms with E-state index < -0.39 is 16.1 Å². The van der Waals surface area contributed by atoms with Crippen LogP contribution in [0.25, 0.3) is 11.3 Å². The molecule has 1 amide bonds. The van der Waals surface area contributed by atoms with Crippen molar-refractivity contribution >= 4 is 21.9 Å². The van der Waals surface area contributed by atoms with Crippen molar-refractivity contribution in [1.82, 2.24) is 14.9 Å². The molecule has 1 aromatic heterocycles. The minimum atomic E-state index is -4.08. The number of carbonyl (C=O) groups is 1. The Balaban J connectivity index is 1.57. The molecule has 0 saturated heterocycles. The maximum Gasteiger partial charge on any atom is 0.264 e. The molecule has 37 heavy (non-hydrogen) atoms. The standard InChI is InChI=1S/C28H24N4O4S/c1-17-7-5-8-18(2)26(17)23-14-25-30-28(29-23)31-37(34,35)21-11-6-10-19(13-21)27(33)32-15-20-9-3-4-12-22(20)24(16-32)36-25/h3-14,24H,15-16H2,1-2H3,(H,29,30,31)/t24-/m1/s1. The van der Waals surface area contributed by atoms with E-state index in [1.807, 2.05) is 56.3 Å². The first-order valence-electron chi connectivity index (χ1n) is 11.9. The molecule has 3 heterocycles. The van der Waals surface area contributed by atoms with Crippen LogP contribution < -0.4 is 9.46 Å². The van der Waals surface area contributed by atoms with Crippen molar-refractivity contribution in [3.63, 3.8) is 0 Å². The molecule has 0 radical (unpaired) electrons. The molecule has 0 aliphatic carbocycles. The Morgan fingerprint density at radius 1 is 0.946 bits per heavy atom. The lowest BCUT2D eigenvalue weighted by atomic mass is 9.96. The van der Waals surface area contributed by atoms with Crippen LogP contribution in [0.5, 0.6) is 5.88 Å². The summed E-state index contributed by atoms with van der Waals surface area (Å²) in [6.07, 6.45) is -0.497. The van der Waals surface area contributed by atoms with E-state index in [0.29, 0.717) is 12.2 Å². The molecule has 8 nitrogen and oxygen atoms in total. The van der Waals surface area contributed by atoms with Gasteiger partial charge < -0.3 is 9.64 Å². The van der Waals surface area contributed by atoms with Crippen LogP contribution >= 0.6 is 0 Å². The van der Waals surface area contributed by atoms with Crippen LogP contribution in [0.2, 0.25) is 0 Å². The number of rotatable bonds is 1. The number of anilines is 1. The van der Waals surface area contributed by atoms with Crippen LogP contribution in [0.1, 0.15) is 38.7 Å². The number of nitrogens with one attached hydrogen (secondary N) is 1. The molecule has 4 aromatic rings. The monoisotopic (exact) mass is 512 g/mol. The summed E-state index contributed by atoms with van der Waals surface area (Å²) in [5.41, 5.74) is 5.61. The predicted octanol–water partition coefficient (Wildman–Crippen LogP) is 4.65. The van der Waals surface area contributed by atoms with E-state index in [0.717, 1.165) is 27.8 Å². The summed E-state index contributed by atoms with van der Waals surface area (Å²) in [6, 6.07) is 21.5. The molecular formula is C28H24N4O4S. The third-order valence-corrected chi connectivity index (χ3v) is 8.08. The fraction of sp³-hybridized carbons (Fsp3) is 0.179. The molecular weight excluding hydrogens is 488 g/mol. The first kappa shape index (κ1) is 23.2. The number of aromatic nitrogens is 2. The Kier molecular flexibility index (Phi) is 5.45. The van der Waals surface area contributed by atoms with Crippen LogP contribution in [0, 0.1) is 13.8 Å². The molecule has 2 aliphatic rings. The Morgan fingerprint density at radius 3 is 2.51 bits per heavy atom. The molecule has 0 spiro atoms. The number of benzene rings is 3. The highest BCUT2D eigenvalue weighted by Gasteiger charge is 2.32. The lowest BCUT2D eigenvalue weighted by molar-refractivity contribution is 0.0589. The Bertz CT molecular complexity index is 1650. The first-order valence-corrected chi connectivity index (χ1v) is 13.4. The average molecular weight is 513 g/mol. The number of nitrogens with zero attached hydrogens (tertiary/aromatic N) is 3. The number of sulfonamides is 1. The van der Waals surface area contributed by atoms with Crippen LogP contribution in [-0.4, -0.2) is 35.7 Å². The van der Waals surface area contributed by atoms with E-state index in [2.05, 4.69) is 14.7 Å². The molecule has 0 saturated carbocycles. The van der Waals surface area contributed by atoms with Gasteiger partial charge in [0.2, 0.25) is 11.8 Å². The number of hydrogen-bond donors (Lipinski definition) is 1. The second-order valence-corrected chi connectivity index (χ2v) is 11.0. The smallest absolute Gasteiger partial charge is 0.264 e.